The Kier molecular flexibility index (Phi) is 13.4. The number of hydrogen-bond donors (Lipinski definition) is 1. The molecular weight excluding hydrogens is 742 g/mol. The second kappa shape index (κ2) is 18.0. The van der Waals surface area contributed by atoms with Gasteiger partial charge in [0.1, 0.15) is 5.60 Å². The molecule has 15 nitrogen and oxygen atoms in total. The lowest BCUT2D eigenvalue weighted by Gasteiger charge is -2.42. The third-order valence-corrected chi connectivity index (χ3v) is 8.61. The predicted octanol–water partition coefficient (Wildman–Crippen LogP) is 4.68. The number of benzene rings is 1. The maximum atomic E-state index is 13.3. The fraction of sp³-hybridized carbons (Fsp3) is 0.487. The Morgan fingerprint density at radius 3 is 2.05 bits per heavy atom. The minimum absolute atomic E-state index is 0.0487. The van der Waals surface area contributed by atoms with Crippen LogP contribution in [-0.2, 0) is 54.9 Å². The van der Waals surface area contributed by atoms with Gasteiger partial charge in [-0.05, 0) is 74.9 Å². The highest BCUT2D eigenvalue weighted by atomic mass is 19.3. The largest absolute Gasteiger partial charge is 0.487 e. The van der Waals surface area contributed by atoms with Gasteiger partial charge in [0.15, 0.2) is 29.8 Å². The van der Waals surface area contributed by atoms with E-state index in [1.807, 2.05) is 6.07 Å². The summed E-state index contributed by atoms with van der Waals surface area (Å²) in [5, 5.41) is 10.5. The molecule has 1 aliphatic carbocycles. The molecule has 302 valence electrons. The van der Waals surface area contributed by atoms with Crippen LogP contribution < -0.4 is 14.2 Å². The molecule has 1 N–H and O–H groups in total. The summed E-state index contributed by atoms with van der Waals surface area (Å²) in [5.74, 6) is -3.83. The zero-order chi connectivity index (χ0) is 40.7. The molecule has 2 fully saturated rings. The summed E-state index contributed by atoms with van der Waals surface area (Å²) in [6.07, 6.45) is -2.96. The summed E-state index contributed by atoms with van der Waals surface area (Å²) in [6.45, 7) is 4.92. The van der Waals surface area contributed by atoms with Crippen LogP contribution >= 0.6 is 0 Å². The topological polar surface area (TPSA) is 188 Å². The van der Waals surface area contributed by atoms with Crippen LogP contribution in [0, 0.1) is 0 Å². The summed E-state index contributed by atoms with van der Waals surface area (Å²) in [6, 6.07) is 11.5. The molecule has 1 aliphatic heterocycles. The number of carbonyl (C=O) groups is 4. The van der Waals surface area contributed by atoms with E-state index in [1.165, 1.54) is 18.3 Å². The molecule has 2 aliphatic rings. The Morgan fingerprint density at radius 2 is 1.50 bits per heavy atom. The van der Waals surface area contributed by atoms with Gasteiger partial charge in [-0.2, -0.15) is 8.78 Å². The average molecular weight is 787 g/mol. The van der Waals surface area contributed by atoms with Crippen LogP contribution in [0.1, 0.15) is 82.7 Å². The highest BCUT2D eigenvalue weighted by Gasteiger charge is 2.56. The average Bonchev–Trinajstić information content (AvgIpc) is 3.94. The molecule has 17 heteroatoms. The summed E-state index contributed by atoms with van der Waals surface area (Å²) >= 11 is 0. The summed E-state index contributed by atoms with van der Waals surface area (Å²) in [4.78, 5) is 58.4. The zero-order valence-corrected chi connectivity index (χ0v) is 31.6. The van der Waals surface area contributed by atoms with Gasteiger partial charge >= 0.3 is 30.5 Å². The van der Waals surface area contributed by atoms with Crippen LogP contribution in [0.15, 0.2) is 54.9 Å². The van der Waals surface area contributed by atoms with Crippen molar-refractivity contribution in [3.63, 3.8) is 0 Å². The summed E-state index contributed by atoms with van der Waals surface area (Å²) in [7, 11) is 0. The normalized spacial score (nSPS) is 21.4. The smallest absolute Gasteiger partial charge is 0.387 e. The number of hydrogen-bond acceptors (Lipinski definition) is 15. The molecule has 3 heterocycles. The molecule has 1 saturated carbocycles. The minimum atomic E-state index is -3.05. The Bertz CT molecular complexity index is 1850. The highest BCUT2D eigenvalue weighted by Crippen LogP contribution is 2.39. The third-order valence-electron chi connectivity index (χ3n) is 8.61. The Morgan fingerprint density at radius 1 is 0.839 bits per heavy atom. The van der Waals surface area contributed by atoms with Crippen LogP contribution in [0.3, 0.4) is 0 Å². The SMILES string of the molecule is CCOC(=O)C1O[C@@H](Oc2ccc(C[C@H](c3ccc(C(C)(C)O)nc3)c3ccc(OC(F)F)c(OC4CC4)c3)cn2)C(OC(C)=O)[C@H](OC(C)=O)[C@@H]1OC(C)=O. The molecule has 1 aromatic carbocycles. The van der Waals surface area contributed by atoms with E-state index in [9.17, 15) is 33.1 Å². The van der Waals surface area contributed by atoms with Crippen molar-refractivity contribution in [3.8, 4) is 17.4 Å². The lowest BCUT2D eigenvalue weighted by molar-refractivity contribution is -0.283. The highest BCUT2D eigenvalue weighted by molar-refractivity contribution is 5.77. The van der Waals surface area contributed by atoms with Crippen LogP contribution in [0.5, 0.6) is 17.4 Å². The first-order valence-electron chi connectivity index (χ1n) is 17.9. The van der Waals surface area contributed by atoms with Crippen LogP contribution in [-0.4, -0.2) is 89.0 Å². The first-order chi connectivity index (χ1) is 26.5. The van der Waals surface area contributed by atoms with Gasteiger partial charge in [0.2, 0.25) is 18.3 Å². The molecule has 0 bridgehead atoms. The standard InChI is InChI=1S/C39H44F2N2O13/c1-7-49-36(47)34-32(50-20(2)44)33(51-21(3)45)35(52-22(4)46)37(56-34)55-31-15-8-23(18-43-31)16-27(25-10-14-30(42-19-25)39(5,6)48)24-9-13-28(54-38(40)41)29(17-24)53-26-11-12-26/h8-10,13-15,17-19,26-27,32-35,37-38,48H,7,11-12,16H2,1-6H3/t27-,32-,33+,34?,35?,37+/m0/s1. The van der Waals surface area contributed by atoms with Crippen LogP contribution in [0.2, 0.25) is 0 Å². The Labute approximate surface area is 321 Å². The number of ether oxygens (including phenoxy) is 8. The van der Waals surface area contributed by atoms with E-state index >= 15 is 0 Å². The van der Waals surface area contributed by atoms with E-state index < -0.39 is 72.7 Å². The number of aromatic nitrogens is 2. The van der Waals surface area contributed by atoms with Crippen molar-refractivity contribution >= 4 is 23.9 Å². The quantitative estimate of drug-likeness (QED) is 0.156. The number of alkyl halides is 2. The summed E-state index contributed by atoms with van der Waals surface area (Å²) in [5.41, 5.74) is 1.37. The Hall–Kier alpha value is -5.42. The van der Waals surface area contributed by atoms with E-state index in [0.29, 0.717) is 23.2 Å². The molecule has 1 saturated heterocycles. The Balaban J connectivity index is 1.46. The molecular formula is C39H44F2N2O13. The first kappa shape index (κ1) is 41.7. The van der Waals surface area contributed by atoms with Crippen molar-refractivity contribution in [2.45, 2.75) is 116 Å². The monoisotopic (exact) mass is 786 g/mol. The predicted molar refractivity (Wildman–Crippen MR) is 189 cm³/mol. The molecule has 0 spiro atoms. The number of esters is 4. The summed E-state index contributed by atoms with van der Waals surface area (Å²) < 4.78 is 70.4. The second-order valence-electron chi connectivity index (χ2n) is 13.7. The van der Waals surface area contributed by atoms with Gasteiger partial charge in [-0.3, -0.25) is 19.4 Å². The second-order valence-corrected chi connectivity index (χ2v) is 13.7. The van der Waals surface area contributed by atoms with E-state index in [1.54, 1.807) is 51.2 Å². The van der Waals surface area contributed by atoms with Crippen molar-refractivity contribution in [1.82, 2.24) is 9.97 Å². The fourth-order valence-electron chi connectivity index (χ4n) is 6.03. The maximum Gasteiger partial charge on any atom is 0.387 e. The molecule has 56 heavy (non-hydrogen) atoms. The molecule has 3 aromatic rings. The van der Waals surface area contributed by atoms with Crippen LogP contribution in [0.25, 0.3) is 0 Å². The van der Waals surface area contributed by atoms with Crippen molar-refractivity contribution in [1.29, 1.82) is 0 Å². The number of nitrogens with zero attached hydrogens (tertiary/aromatic N) is 2. The van der Waals surface area contributed by atoms with Gasteiger partial charge in [0, 0.05) is 45.1 Å². The van der Waals surface area contributed by atoms with Crippen LogP contribution in [0.4, 0.5) is 8.78 Å². The van der Waals surface area contributed by atoms with Crippen molar-refractivity contribution in [2.75, 3.05) is 6.61 Å². The number of aliphatic hydroxyl groups is 1. The third kappa shape index (κ3) is 11.1. The number of carbonyl (C=O) groups excluding carboxylic acids is 4. The molecule has 0 amide bonds. The van der Waals surface area contributed by atoms with E-state index in [0.717, 1.165) is 39.2 Å². The van der Waals surface area contributed by atoms with Gasteiger partial charge in [0.05, 0.1) is 18.4 Å². The zero-order valence-electron chi connectivity index (χ0n) is 31.6. The number of pyridine rings is 2. The van der Waals surface area contributed by atoms with Gasteiger partial charge in [-0.25, -0.2) is 9.78 Å². The fourth-order valence-corrected chi connectivity index (χ4v) is 6.03. The molecule has 5 rings (SSSR count). The van der Waals surface area contributed by atoms with Crippen molar-refractivity contribution in [2.24, 2.45) is 0 Å². The minimum Gasteiger partial charge on any atom is -0.487 e. The van der Waals surface area contributed by atoms with E-state index in [-0.39, 0.29) is 30.1 Å². The first-order valence-corrected chi connectivity index (χ1v) is 17.9. The van der Waals surface area contributed by atoms with Crippen molar-refractivity contribution in [3.05, 3.63) is 77.2 Å². The lowest BCUT2D eigenvalue weighted by atomic mass is 9.86. The molecule has 0 radical (unpaired) electrons. The van der Waals surface area contributed by atoms with E-state index in [2.05, 4.69) is 9.97 Å². The lowest BCUT2D eigenvalue weighted by Crippen LogP contribution is -2.64. The van der Waals surface area contributed by atoms with Crippen molar-refractivity contribution < 1.29 is 71.0 Å². The van der Waals surface area contributed by atoms with Gasteiger partial charge in [-0.15, -0.1) is 0 Å². The van der Waals surface area contributed by atoms with Gasteiger partial charge in [0.25, 0.3) is 0 Å². The number of halogens is 2. The van der Waals surface area contributed by atoms with E-state index in [4.69, 9.17) is 37.9 Å². The number of rotatable bonds is 16. The molecule has 6 atom stereocenters. The van der Waals surface area contributed by atoms with Gasteiger partial charge < -0.3 is 43.0 Å². The van der Waals surface area contributed by atoms with Gasteiger partial charge in [-0.1, -0.05) is 18.2 Å². The maximum absolute atomic E-state index is 13.3. The molecule has 2 aromatic heterocycles. The molecule has 2 unspecified atom stereocenters.